The Morgan fingerprint density at radius 3 is 2.90 bits per heavy atom. The van der Waals surface area contributed by atoms with Crippen molar-refractivity contribution in [1.29, 1.82) is 0 Å². The summed E-state index contributed by atoms with van der Waals surface area (Å²) in [6.07, 6.45) is 8.39. The molecule has 0 spiro atoms. The SMILES string of the molecule is C#Cc1cccc(CCOCCC(=O)OCCCC)c1. The van der Waals surface area contributed by atoms with Gasteiger partial charge in [0, 0.05) is 5.56 Å². The molecular weight excluding hydrogens is 252 g/mol. The van der Waals surface area contributed by atoms with E-state index in [0.29, 0.717) is 26.2 Å². The van der Waals surface area contributed by atoms with E-state index >= 15 is 0 Å². The molecule has 0 aromatic heterocycles. The number of carbonyl (C=O) groups excluding carboxylic acids is 1. The van der Waals surface area contributed by atoms with Crippen LogP contribution in [0.4, 0.5) is 0 Å². The first-order valence-corrected chi connectivity index (χ1v) is 7.05. The Balaban J connectivity index is 2.10. The van der Waals surface area contributed by atoms with Crippen LogP contribution in [0, 0.1) is 12.3 Å². The summed E-state index contributed by atoms with van der Waals surface area (Å²) in [5.74, 6) is 2.42. The molecule has 1 rings (SSSR count). The highest BCUT2D eigenvalue weighted by molar-refractivity contribution is 5.69. The summed E-state index contributed by atoms with van der Waals surface area (Å²) < 4.78 is 10.5. The number of hydrogen-bond acceptors (Lipinski definition) is 3. The lowest BCUT2D eigenvalue weighted by Crippen LogP contribution is -2.10. The summed E-state index contributed by atoms with van der Waals surface area (Å²) >= 11 is 0. The minimum Gasteiger partial charge on any atom is -0.466 e. The predicted molar refractivity (Wildman–Crippen MR) is 79.4 cm³/mol. The fourth-order valence-corrected chi connectivity index (χ4v) is 1.67. The third kappa shape index (κ3) is 6.96. The summed E-state index contributed by atoms with van der Waals surface area (Å²) in [4.78, 5) is 11.3. The summed E-state index contributed by atoms with van der Waals surface area (Å²) in [7, 11) is 0. The van der Waals surface area contributed by atoms with Gasteiger partial charge in [-0.1, -0.05) is 31.4 Å². The number of unbranched alkanes of at least 4 members (excludes halogenated alkanes) is 1. The molecule has 0 saturated carbocycles. The third-order valence-electron chi connectivity index (χ3n) is 2.84. The van der Waals surface area contributed by atoms with Crippen LogP contribution < -0.4 is 0 Å². The van der Waals surface area contributed by atoms with Crippen LogP contribution in [-0.2, 0) is 20.7 Å². The molecule has 0 saturated heterocycles. The van der Waals surface area contributed by atoms with Crippen molar-refractivity contribution in [2.45, 2.75) is 32.6 Å². The zero-order valence-corrected chi connectivity index (χ0v) is 12.1. The average Bonchev–Trinajstić information content (AvgIpc) is 2.47. The van der Waals surface area contributed by atoms with Crippen LogP contribution in [0.5, 0.6) is 0 Å². The molecule has 0 aliphatic carbocycles. The minimum absolute atomic E-state index is 0.187. The van der Waals surface area contributed by atoms with Crippen LogP contribution in [0.3, 0.4) is 0 Å². The quantitative estimate of drug-likeness (QED) is 0.394. The zero-order chi connectivity index (χ0) is 14.6. The number of terminal acetylenes is 1. The Kier molecular flexibility index (Phi) is 8.17. The zero-order valence-electron chi connectivity index (χ0n) is 12.1. The van der Waals surface area contributed by atoms with Crippen molar-refractivity contribution in [2.24, 2.45) is 0 Å². The van der Waals surface area contributed by atoms with Crippen LogP contribution in [-0.4, -0.2) is 25.8 Å². The maximum absolute atomic E-state index is 11.3. The van der Waals surface area contributed by atoms with Crippen molar-refractivity contribution in [1.82, 2.24) is 0 Å². The van der Waals surface area contributed by atoms with E-state index in [2.05, 4.69) is 12.8 Å². The Morgan fingerprint density at radius 1 is 1.30 bits per heavy atom. The molecule has 0 atom stereocenters. The summed E-state index contributed by atoms with van der Waals surface area (Å²) in [5.41, 5.74) is 2.02. The molecule has 0 heterocycles. The maximum atomic E-state index is 11.3. The first-order chi connectivity index (χ1) is 9.76. The second-order valence-corrected chi connectivity index (χ2v) is 4.53. The van der Waals surface area contributed by atoms with Gasteiger partial charge in [0.05, 0.1) is 26.2 Å². The van der Waals surface area contributed by atoms with Crippen molar-refractivity contribution in [3.63, 3.8) is 0 Å². The van der Waals surface area contributed by atoms with E-state index in [4.69, 9.17) is 15.9 Å². The van der Waals surface area contributed by atoms with Gasteiger partial charge in [0.2, 0.25) is 0 Å². The summed E-state index contributed by atoms with van der Waals surface area (Å²) in [5, 5.41) is 0. The lowest BCUT2D eigenvalue weighted by molar-refractivity contribution is -0.144. The van der Waals surface area contributed by atoms with Gasteiger partial charge >= 0.3 is 5.97 Å². The molecule has 0 radical (unpaired) electrons. The number of esters is 1. The third-order valence-corrected chi connectivity index (χ3v) is 2.84. The molecule has 3 heteroatoms. The lowest BCUT2D eigenvalue weighted by Gasteiger charge is -2.06. The second-order valence-electron chi connectivity index (χ2n) is 4.53. The lowest BCUT2D eigenvalue weighted by atomic mass is 10.1. The topological polar surface area (TPSA) is 35.5 Å². The summed E-state index contributed by atoms with van der Waals surface area (Å²) in [6.45, 7) is 3.55. The average molecular weight is 274 g/mol. The molecule has 0 unspecified atom stereocenters. The van der Waals surface area contributed by atoms with Crippen LogP contribution in [0.15, 0.2) is 24.3 Å². The van der Waals surface area contributed by atoms with Gasteiger partial charge in [-0.15, -0.1) is 6.42 Å². The van der Waals surface area contributed by atoms with Crippen molar-refractivity contribution in [3.8, 4) is 12.3 Å². The van der Waals surface area contributed by atoms with Gasteiger partial charge in [0.25, 0.3) is 0 Å². The van der Waals surface area contributed by atoms with Gasteiger partial charge in [-0.25, -0.2) is 0 Å². The van der Waals surface area contributed by atoms with E-state index in [1.807, 2.05) is 24.3 Å². The highest BCUT2D eigenvalue weighted by atomic mass is 16.5. The van der Waals surface area contributed by atoms with Gasteiger partial charge < -0.3 is 9.47 Å². The molecule has 0 aliphatic rings. The van der Waals surface area contributed by atoms with Gasteiger partial charge in [-0.2, -0.15) is 0 Å². The molecule has 0 N–H and O–H groups in total. The van der Waals surface area contributed by atoms with Gasteiger partial charge in [0.1, 0.15) is 0 Å². The molecule has 0 aliphatic heterocycles. The summed E-state index contributed by atoms with van der Waals surface area (Å²) in [6, 6.07) is 7.83. The molecule has 0 fully saturated rings. The van der Waals surface area contributed by atoms with Crippen molar-refractivity contribution < 1.29 is 14.3 Å². The van der Waals surface area contributed by atoms with Crippen molar-refractivity contribution in [3.05, 3.63) is 35.4 Å². The molecule has 1 aromatic rings. The fourth-order valence-electron chi connectivity index (χ4n) is 1.67. The van der Waals surface area contributed by atoms with E-state index in [9.17, 15) is 4.79 Å². The number of rotatable bonds is 9. The number of benzene rings is 1. The van der Waals surface area contributed by atoms with Gasteiger partial charge in [-0.05, 0) is 30.5 Å². The predicted octanol–water partition coefficient (Wildman–Crippen LogP) is 2.96. The van der Waals surface area contributed by atoms with E-state index < -0.39 is 0 Å². The number of ether oxygens (including phenoxy) is 2. The van der Waals surface area contributed by atoms with Gasteiger partial charge in [0.15, 0.2) is 0 Å². The monoisotopic (exact) mass is 274 g/mol. The Labute approximate surface area is 121 Å². The normalized spacial score (nSPS) is 10.0. The molecular formula is C17H22O3. The molecule has 0 bridgehead atoms. The highest BCUT2D eigenvalue weighted by Gasteiger charge is 2.02. The molecule has 3 nitrogen and oxygen atoms in total. The van der Waals surface area contributed by atoms with Crippen LogP contribution in [0.2, 0.25) is 0 Å². The number of hydrogen-bond donors (Lipinski definition) is 0. The maximum Gasteiger partial charge on any atom is 0.308 e. The largest absolute Gasteiger partial charge is 0.466 e. The van der Waals surface area contributed by atoms with Crippen molar-refractivity contribution >= 4 is 5.97 Å². The van der Waals surface area contributed by atoms with Crippen LogP contribution >= 0.6 is 0 Å². The smallest absolute Gasteiger partial charge is 0.308 e. The standard InChI is InChI=1S/C17H22O3/c1-3-5-11-20-17(18)10-13-19-12-9-16-8-6-7-15(4-2)14-16/h2,6-8,14H,3,5,9-13H2,1H3. The second kappa shape index (κ2) is 10.1. The van der Waals surface area contributed by atoms with Crippen molar-refractivity contribution in [2.75, 3.05) is 19.8 Å². The van der Waals surface area contributed by atoms with E-state index in [1.165, 1.54) is 0 Å². The number of carbonyl (C=O) groups is 1. The Morgan fingerprint density at radius 2 is 2.15 bits per heavy atom. The van der Waals surface area contributed by atoms with E-state index in [-0.39, 0.29) is 5.97 Å². The van der Waals surface area contributed by atoms with Gasteiger partial charge in [-0.3, -0.25) is 4.79 Å². The Bertz CT molecular complexity index is 446. The van der Waals surface area contributed by atoms with E-state index in [1.54, 1.807) is 0 Å². The minimum atomic E-state index is -0.187. The van der Waals surface area contributed by atoms with E-state index in [0.717, 1.165) is 30.4 Å². The molecule has 20 heavy (non-hydrogen) atoms. The molecule has 0 amide bonds. The molecule has 108 valence electrons. The highest BCUT2D eigenvalue weighted by Crippen LogP contribution is 2.05. The first kappa shape index (κ1) is 16.3. The van der Waals surface area contributed by atoms with Crippen LogP contribution in [0.25, 0.3) is 0 Å². The molecule has 1 aromatic carbocycles. The van der Waals surface area contributed by atoms with Crippen LogP contribution in [0.1, 0.15) is 37.3 Å². The fraction of sp³-hybridized carbons (Fsp3) is 0.471. The Hall–Kier alpha value is -1.79. The first-order valence-electron chi connectivity index (χ1n) is 7.05.